The largest absolute Gasteiger partial charge is 0.379 e. The molecule has 2 aliphatic heterocycles. The van der Waals surface area contributed by atoms with Gasteiger partial charge in [0, 0.05) is 56.9 Å². The number of imide groups is 1. The van der Waals surface area contributed by atoms with Crippen molar-refractivity contribution in [2.24, 2.45) is 0 Å². The smallest absolute Gasteiger partial charge is 0.253 e. The second-order valence-electron chi connectivity index (χ2n) is 8.72. The van der Waals surface area contributed by atoms with Crippen molar-refractivity contribution in [2.45, 2.75) is 32.1 Å². The summed E-state index contributed by atoms with van der Waals surface area (Å²) in [6.45, 7) is 3.23. The number of carbonyl (C=O) groups is 5. The molecule has 1 saturated heterocycles. The number of nitrogens with one attached hydrogen (secondary N) is 2. The molecule has 2 heterocycles. The minimum absolute atomic E-state index is 0.0382. The van der Waals surface area contributed by atoms with Crippen molar-refractivity contribution in [1.82, 2.24) is 15.1 Å². The third-order valence-corrected chi connectivity index (χ3v) is 5.96. The van der Waals surface area contributed by atoms with Crippen LogP contribution in [0.4, 0.5) is 5.69 Å². The Labute approximate surface area is 216 Å². The van der Waals surface area contributed by atoms with Crippen molar-refractivity contribution in [3.8, 4) is 0 Å². The van der Waals surface area contributed by atoms with Gasteiger partial charge >= 0.3 is 0 Å². The van der Waals surface area contributed by atoms with Gasteiger partial charge in [-0.05, 0) is 30.5 Å². The zero-order valence-corrected chi connectivity index (χ0v) is 20.9. The molecule has 1 fully saturated rings. The highest BCUT2D eigenvalue weighted by Crippen LogP contribution is 2.14. The van der Waals surface area contributed by atoms with Gasteiger partial charge in [-0.15, -0.1) is 0 Å². The van der Waals surface area contributed by atoms with Crippen LogP contribution in [0.5, 0.6) is 0 Å². The van der Waals surface area contributed by atoms with E-state index in [-0.39, 0.29) is 43.7 Å². The van der Waals surface area contributed by atoms with E-state index in [2.05, 4.69) is 10.6 Å². The number of hydrogen-bond acceptors (Lipinski definition) is 7. The number of rotatable bonds is 17. The van der Waals surface area contributed by atoms with Gasteiger partial charge in [-0.1, -0.05) is 12.1 Å². The summed E-state index contributed by atoms with van der Waals surface area (Å²) < 4.78 is 10.8. The van der Waals surface area contributed by atoms with Gasteiger partial charge in [0.25, 0.3) is 11.8 Å². The van der Waals surface area contributed by atoms with Crippen molar-refractivity contribution in [3.05, 3.63) is 42.0 Å². The van der Waals surface area contributed by atoms with Crippen LogP contribution in [0.15, 0.2) is 36.4 Å². The van der Waals surface area contributed by atoms with Gasteiger partial charge in [0.1, 0.15) is 0 Å². The second-order valence-corrected chi connectivity index (χ2v) is 8.72. The van der Waals surface area contributed by atoms with Crippen molar-refractivity contribution in [2.75, 3.05) is 57.9 Å². The van der Waals surface area contributed by atoms with Gasteiger partial charge < -0.3 is 25.0 Å². The summed E-state index contributed by atoms with van der Waals surface area (Å²) in [7, 11) is 0. The Morgan fingerprint density at radius 1 is 0.838 bits per heavy atom. The molecule has 11 heteroatoms. The molecule has 0 aromatic heterocycles. The fourth-order valence-corrected chi connectivity index (χ4v) is 3.75. The van der Waals surface area contributed by atoms with Crippen LogP contribution in [0.3, 0.4) is 0 Å². The van der Waals surface area contributed by atoms with Crippen molar-refractivity contribution in [1.29, 1.82) is 0 Å². The van der Waals surface area contributed by atoms with E-state index in [1.807, 2.05) is 29.2 Å². The lowest BCUT2D eigenvalue weighted by atomic mass is 10.1. The molecule has 0 bridgehead atoms. The Morgan fingerprint density at radius 2 is 1.54 bits per heavy atom. The van der Waals surface area contributed by atoms with Crippen molar-refractivity contribution in [3.63, 3.8) is 0 Å². The molecule has 0 atom stereocenters. The zero-order chi connectivity index (χ0) is 26.5. The third kappa shape index (κ3) is 9.77. The minimum atomic E-state index is -0.405. The summed E-state index contributed by atoms with van der Waals surface area (Å²) >= 11 is 0. The van der Waals surface area contributed by atoms with E-state index >= 15 is 0 Å². The molecule has 0 radical (unpaired) electrons. The first-order valence-electron chi connectivity index (χ1n) is 12.5. The SMILES string of the molecule is O=C(CCN1C(=O)C=CC1=O)NCCOCCOCCC(=O)Nc1ccc(CCCN2CCC2=O)cc1. The van der Waals surface area contributed by atoms with Crippen LogP contribution >= 0.6 is 0 Å². The molecule has 0 saturated carbocycles. The summed E-state index contributed by atoms with van der Waals surface area (Å²) in [6.07, 6.45) is 5.12. The molecule has 1 aromatic rings. The molecular formula is C26H34N4O7. The molecule has 0 aliphatic carbocycles. The number of aryl methyl sites for hydroxylation is 1. The second kappa shape index (κ2) is 14.9. The third-order valence-electron chi connectivity index (χ3n) is 5.96. The maximum atomic E-state index is 12.1. The number of amides is 5. The number of ether oxygens (including phenoxy) is 2. The number of β-lactam (4-membered cyclic amide) rings is 1. The molecule has 200 valence electrons. The summed E-state index contributed by atoms with van der Waals surface area (Å²) in [5.74, 6) is -0.984. The molecule has 37 heavy (non-hydrogen) atoms. The number of carbonyl (C=O) groups excluding carboxylic acids is 5. The average molecular weight is 515 g/mol. The fraction of sp³-hybridized carbons (Fsp3) is 0.500. The van der Waals surface area contributed by atoms with E-state index in [0.29, 0.717) is 32.8 Å². The molecule has 1 aromatic carbocycles. The summed E-state index contributed by atoms with van der Waals surface area (Å²) in [5, 5.41) is 5.50. The van der Waals surface area contributed by atoms with E-state index in [1.54, 1.807) is 0 Å². The molecule has 0 unspecified atom stereocenters. The van der Waals surface area contributed by atoms with Crippen LogP contribution in [-0.2, 0) is 39.9 Å². The van der Waals surface area contributed by atoms with E-state index in [9.17, 15) is 24.0 Å². The van der Waals surface area contributed by atoms with Crippen molar-refractivity contribution < 1.29 is 33.4 Å². The van der Waals surface area contributed by atoms with E-state index in [4.69, 9.17) is 9.47 Å². The van der Waals surface area contributed by atoms with Crippen LogP contribution in [0.1, 0.15) is 31.2 Å². The van der Waals surface area contributed by atoms with E-state index < -0.39 is 11.8 Å². The molecule has 2 N–H and O–H groups in total. The number of nitrogens with zero attached hydrogens (tertiary/aromatic N) is 2. The van der Waals surface area contributed by atoms with Crippen LogP contribution in [0.2, 0.25) is 0 Å². The molecule has 2 aliphatic rings. The fourth-order valence-electron chi connectivity index (χ4n) is 3.75. The quantitative estimate of drug-likeness (QED) is 0.177. The number of hydrogen-bond donors (Lipinski definition) is 2. The highest BCUT2D eigenvalue weighted by molar-refractivity contribution is 6.13. The van der Waals surface area contributed by atoms with Crippen LogP contribution in [0, 0.1) is 0 Å². The maximum absolute atomic E-state index is 12.1. The summed E-state index contributed by atoms with van der Waals surface area (Å²) in [5.41, 5.74) is 1.90. The molecule has 0 spiro atoms. The van der Waals surface area contributed by atoms with Gasteiger partial charge in [0.05, 0.1) is 32.8 Å². The maximum Gasteiger partial charge on any atom is 0.253 e. The monoisotopic (exact) mass is 514 g/mol. The minimum Gasteiger partial charge on any atom is -0.379 e. The van der Waals surface area contributed by atoms with Crippen LogP contribution in [-0.4, -0.2) is 91.9 Å². The van der Waals surface area contributed by atoms with Gasteiger partial charge in [-0.3, -0.25) is 28.9 Å². The summed E-state index contributed by atoms with van der Waals surface area (Å²) in [6, 6.07) is 7.71. The average Bonchev–Trinajstić information content (AvgIpc) is 3.21. The number of likely N-dealkylation sites (tertiary alicyclic amines) is 1. The van der Waals surface area contributed by atoms with Gasteiger partial charge in [-0.25, -0.2) is 0 Å². The Balaban J connectivity index is 1.13. The predicted molar refractivity (Wildman–Crippen MR) is 134 cm³/mol. The molecular weight excluding hydrogens is 480 g/mol. The molecule has 5 amide bonds. The standard InChI is InChI=1S/C26H34N4O7/c31-22(9-15-30-25(34)7-8-26(30)35)27-12-17-37-19-18-36-16-11-23(32)28-21-5-3-20(4-6-21)2-1-13-29-14-10-24(29)33/h3-8H,1-2,9-19H2,(H,27,31)(H,28,32). The zero-order valence-electron chi connectivity index (χ0n) is 20.9. The first kappa shape index (κ1) is 28.0. The molecule has 3 rings (SSSR count). The Kier molecular flexibility index (Phi) is 11.2. The van der Waals surface area contributed by atoms with E-state index in [0.717, 1.165) is 36.5 Å². The summed E-state index contributed by atoms with van der Waals surface area (Å²) in [4.78, 5) is 60.9. The van der Waals surface area contributed by atoms with Crippen molar-refractivity contribution >= 4 is 35.2 Å². The topological polar surface area (TPSA) is 134 Å². The van der Waals surface area contributed by atoms with Crippen LogP contribution < -0.4 is 10.6 Å². The van der Waals surface area contributed by atoms with Gasteiger partial charge in [0.15, 0.2) is 0 Å². The van der Waals surface area contributed by atoms with Gasteiger partial charge in [0.2, 0.25) is 17.7 Å². The van der Waals surface area contributed by atoms with E-state index in [1.165, 1.54) is 17.7 Å². The highest BCUT2D eigenvalue weighted by atomic mass is 16.5. The Morgan fingerprint density at radius 3 is 2.19 bits per heavy atom. The Bertz CT molecular complexity index is 975. The highest BCUT2D eigenvalue weighted by Gasteiger charge is 2.23. The number of benzene rings is 1. The predicted octanol–water partition coefficient (Wildman–Crippen LogP) is 0.645. The van der Waals surface area contributed by atoms with Crippen LogP contribution in [0.25, 0.3) is 0 Å². The Hall–Kier alpha value is -3.57. The lowest BCUT2D eigenvalue weighted by molar-refractivity contribution is -0.140. The number of anilines is 1. The first-order chi connectivity index (χ1) is 17.9. The van der Waals surface area contributed by atoms with Gasteiger partial charge in [-0.2, -0.15) is 0 Å². The lowest BCUT2D eigenvalue weighted by Gasteiger charge is -2.30. The first-order valence-corrected chi connectivity index (χ1v) is 12.5. The normalized spacial score (nSPS) is 14.8. The lowest BCUT2D eigenvalue weighted by Crippen LogP contribution is -2.43. The molecule has 11 nitrogen and oxygen atoms in total.